The molecule has 0 spiro atoms. The number of rotatable bonds is 4. The van der Waals surface area contributed by atoms with Crippen LogP contribution in [-0.2, 0) is 29.4 Å². The van der Waals surface area contributed by atoms with E-state index in [1.807, 2.05) is 20.2 Å². The Kier molecular flexibility index (Phi) is 3.70. The molecule has 1 aromatic carbocycles. The Hall–Kier alpha value is -1.77. The molecule has 0 saturated carbocycles. The number of hydrogen-bond acceptors (Lipinski definition) is 2. The van der Waals surface area contributed by atoms with Crippen molar-refractivity contribution in [2.45, 2.75) is 26.7 Å². The van der Waals surface area contributed by atoms with Crippen LogP contribution in [0.4, 0.5) is 0 Å². The van der Waals surface area contributed by atoms with Gasteiger partial charge in [-0.2, -0.15) is 0 Å². The molecule has 1 heterocycles. The van der Waals surface area contributed by atoms with E-state index in [0.29, 0.717) is 13.0 Å². The van der Waals surface area contributed by atoms with Crippen LogP contribution in [0.1, 0.15) is 25.0 Å². The molecule has 0 unspecified atom stereocenters. The highest BCUT2D eigenvalue weighted by molar-refractivity contribution is 5.90. The summed E-state index contributed by atoms with van der Waals surface area (Å²) >= 11 is 0. The topological polar surface area (TPSA) is 31.2 Å². The van der Waals surface area contributed by atoms with Gasteiger partial charge in [-0.25, -0.2) is 0 Å². The zero-order valence-corrected chi connectivity index (χ0v) is 11.2. The first-order valence-electron chi connectivity index (χ1n) is 6.38. The van der Waals surface area contributed by atoms with Crippen LogP contribution in [0.3, 0.4) is 0 Å². The molecule has 1 aromatic heterocycles. The quantitative estimate of drug-likeness (QED) is 0.776. The summed E-state index contributed by atoms with van der Waals surface area (Å²) in [5.41, 5.74) is 3.57. The Labute approximate surface area is 107 Å². The maximum atomic E-state index is 11.6. The predicted molar refractivity (Wildman–Crippen MR) is 72.6 cm³/mol. The molecule has 2 rings (SSSR count). The van der Waals surface area contributed by atoms with Gasteiger partial charge in [0.05, 0.1) is 18.5 Å². The lowest BCUT2D eigenvalue weighted by molar-refractivity contribution is -0.142. The molecule has 0 aliphatic carbocycles. The normalized spacial score (nSPS) is 10.8. The van der Waals surface area contributed by atoms with Gasteiger partial charge in [0.1, 0.15) is 0 Å². The van der Waals surface area contributed by atoms with Crippen molar-refractivity contribution in [1.82, 2.24) is 4.57 Å². The Morgan fingerprint density at radius 3 is 2.72 bits per heavy atom. The molecule has 0 radical (unpaired) electrons. The van der Waals surface area contributed by atoms with E-state index in [1.54, 1.807) is 0 Å². The largest absolute Gasteiger partial charge is 0.466 e. The number of fused-ring (bicyclic) bond motifs is 1. The average Bonchev–Trinajstić information content (AvgIpc) is 2.67. The number of carbonyl (C=O) groups excluding carboxylic acids is 1. The SMILES string of the molecule is CCOC(=O)Cc1cn(C)c2c(CC)cccc12. The highest BCUT2D eigenvalue weighted by Gasteiger charge is 2.12. The molecule has 0 saturated heterocycles. The molecule has 2 aromatic rings. The molecular formula is C15H19NO2. The van der Waals surface area contributed by atoms with Crippen molar-refractivity contribution in [2.24, 2.45) is 7.05 Å². The van der Waals surface area contributed by atoms with Crippen LogP contribution in [0.15, 0.2) is 24.4 Å². The number of carbonyl (C=O) groups is 1. The van der Waals surface area contributed by atoms with Crippen LogP contribution in [0.5, 0.6) is 0 Å². The standard InChI is InChI=1S/C15H19NO2/c1-4-11-7-6-8-13-12(9-14(17)18-5-2)10-16(3)15(11)13/h6-8,10H,4-5,9H2,1-3H3. The molecule has 0 aliphatic heterocycles. The summed E-state index contributed by atoms with van der Waals surface area (Å²) < 4.78 is 7.11. The Balaban J connectivity index is 2.44. The summed E-state index contributed by atoms with van der Waals surface area (Å²) in [4.78, 5) is 11.6. The van der Waals surface area contributed by atoms with Gasteiger partial charge in [0.15, 0.2) is 0 Å². The molecule has 0 bridgehead atoms. The fraction of sp³-hybridized carbons (Fsp3) is 0.400. The van der Waals surface area contributed by atoms with E-state index in [4.69, 9.17) is 4.74 Å². The third-order valence-corrected chi connectivity index (χ3v) is 3.19. The zero-order chi connectivity index (χ0) is 13.1. The third kappa shape index (κ3) is 2.26. The van der Waals surface area contributed by atoms with Crippen LogP contribution in [0, 0.1) is 0 Å². The highest BCUT2D eigenvalue weighted by Crippen LogP contribution is 2.25. The third-order valence-electron chi connectivity index (χ3n) is 3.19. The summed E-state index contributed by atoms with van der Waals surface area (Å²) in [7, 11) is 2.02. The summed E-state index contributed by atoms with van der Waals surface area (Å²) in [5.74, 6) is -0.160. The maximum absolute atomic E-state index is 11.6. The van der Waals surface area contributed by atoms with Gasteiger partial charge in [0.2, 0.25) is 0 Å². The van der Waals surface area contributed by atoms with E-state index < -0.39 is 0 Å². The first kappa shape index (κ1) is 12.7. The smallest absolute Gasteiger partial charge is 0.310 e. The maximum Gasteiger partial charge on any atom is 0.310 e. The van der Waals surface area contributed by atoms with Gasteiger partial charge in [-0.1, -0.05) is 25.1 Å². The van der Waals surface area contributed by atoms with Gasteiger partial charge in [-0.3, -0.25) is 4.79 Å². The van der Waals surface area contributed by atoms with Crippen molar-refractivity contribution >= 4 is 16.9 Å². The second-order valence-electron chi connectivity index (χ2n) is 4.41. The van der Waals surface area contributed by atoms with Crippen molar-refractivity contribution in [2.75, 3.05) is 6.61 Å². The first-order chi connectivity index (χ1) is 8.67. The predicted octanol–water partition coefficient (Wildman–Crippen LogP) is 2.85. The average molecular weight is 245 g/mol. The minimum atomic E-state index is -0.160. The van der Waals surface area contributed by atoms with Crippen LogP contribution >= 0.6 is 0 Å². The summed E-state index contributed by atoms with van der Waals surface area (Å²) in [6, 6.07) is 6.26. The number of hydrogen-bond donors (Lipinski definition) is 0. The molecule has 3 nitrogen and oxygen atoms in total. The summed E-state index contributed by atoms with van der Waals surface area (Å²) in [5, 5.41) is 1.16. The van der Waals surface area contributed by atoms with Crippen molar-refractivity contribution in [3.63, 3.8) is 0 Å². The first-order valence-corrected chi connectivity index (χ1v) is 6.38. The van der Waals surface area contributed by atoms with Crippen molar-refractivity contribution in [3.05, 3.63) is 35.5 Å². The van der Waals surface area contributed by atoms with Crippen molar-refractivity contribution in [3.8, 4) is 0 Å². The van der Waals surface area contributed by atoms with Gasteiger partial charge in [-0.15, -0.1) is 0 Å². The molecule has 0 aliphatic rings. The van der Waals surface area contributed by atoms with E-state index in [9.17, 15) is 4.79 Å². The second-order valence-corrected chi connectivity index (χ2v) is 4.41. The Morgan fingerprint density at radius 2 is 2.06 bits per heavy atom. The monoisotopic (exact) mass is 245 g/mol. The van der Waals surface area contributed by atoms with Crippen LogP contribution in [0.2, 0.25) is 0 Å². The lowest BCUT2D eigenvalue weighted by atomic mass is 10.1. The van der Waals surface area contributed by atoms with Gasteiger partial charge >= 0.3 is 5.97 Å². The number of benzene rings is 1. The van der Waals surface area contributed by atoms with Crippen LogP contribution in [0.25, 0.3) is 10.9 Å². The van der Waals surface area contributed by atoms with Crippen molar-refractivity contribution in [1.29, 1.82) is 0 Å². The summed E-state index contributed by atoms with van der Waals surface area (Å²) in [6.07, 6.45) is 3.37. The number of para-hydroxylation sites is 1. The Bertz CT molecular complexity index is 569. The fourth-order valence-electron chi connectivity index (χ4n) is 2.43. The van der Waals surface area contributed by atoms with E-state index in [-0.39, 0.29) is 5.97 Å². The van der Waals surface area contributed by atoms with E-state index >= 15 is 0 Å². The molecule has 3 heteroatoms. The van der Waals surface area contributed by atoms with Gasteiger partial charge < -0.3 is 9.30 Å². The Morgan fingerprint density at radius 1 is 1.28 bits per heavy atom. The molecule has 0 amide bonds. The van der Waals surface area contributed by atoms with Gasteiger partial charge in [-0.05, 0) is 24.5 Å². The minimum Gasteiger partial charge on any atom is -0.466 e. The van der Waals surface area contributed by atoms with E-state index in [0.717, 1.165) is 17.4 Å². The summed E-state index contributed by atoms with van der Waals surface area (Å²) in [6.45, 7) is 4.41. The van der Waals surface area contributed by atoms with Gasteiger partial charge in [0.25, 0.3) is 0 Å². The molecule has 0 N–H and O–H groups in total. The van der Waals surface area contributed by atoms with Crippen LogP contribution in [-0.4, -0.2) is 17.1 Å². The number of aromatic nitrogens is 1. The second kappa shape index (κ2) is 5.25. The van der Waals surface area contributed by atoms with Crippen LogP contribution < -0.4 is 0 Å². The number of nitrogens with zero attached hydrogens (tertiary/aromatic N) is 1. The number of ether oxygens (including phenoxy) is 1. The molecule has 18 heavy (non-hydrogen) atoms. The minimum absolute atomic E-state index is 0.160. The number of esters is 1. The molecule has 0 fully saturated rings. The lowest BCUT2D eigenvalue weighted by Crippen LogP contribution is -2.07. The fourth-order valence-corrected chi connectivity index (χ4v) is 2.43. The zero-order valence-electron chi connectivity index (χ0n) is 11.2. The van der Waals surface area contributed by atoms with E-state index in [1.165, 1.54) is 11.1 Å². The molecular weight excluding hydrogens is 226 g/mol. The lowest BCUT2D eigenvalue weighted by Gasteiger charge is -2.03. The molecule has 0 atom stereocenters. The number of aryl methyl sites for hydroxylation is 2. The highest BCUT2D eigenvalue weighted by atomic mass is 16.5. The van der Waals surface area contributed by atoms with E-state index in [2.05, 4.69) is 29.7 Å². The molecule has 96 valence electrons. The van der Waals surface area contributed by atoms with Gasteiger partial charge in [0, 0.05) is 18.6 Å². The van der Waals surface area contributed by atoms with Crippen molar-refractivity contribution < 1.29 is 9.53 Å².